The molecule has 6 nitrogen and oxygen atoms in total. The van der Waals surface area contributed by atoms with Gasteiger partial charge in [-0.1, -0.05) is 44.5 Å². The zero-order chi connectivity index (χ0) is 25.9. The number of rotatable bonds is 9. The molecule has 0 amide bonds. The second-order valence-electron chi connectivity index (χ2n) is 9.55. The van der Waals surface area contributed by atoms with Crippen LogP contribution in [0.4, 0.5) is 0 Å². The summed E-state index contributed by atoms with van der Waals surface area (Å²) < 4.78 is 8.29. The Hall–Kier alpha value is -2.88. The average Bonchev–Trinajstić information content (AvgIpc) is 3.11. The van der Waals surface area contributed by atoms with E-state index in [0.29, 0.717) is 35.7 Å². The summed E-state index contributed by atoms with van der Waals surface area (Å²) in [5.74, 6) is -1.05. The van der Waals surface area contributed by atoms with E-state index in [2.05, 4.69) is 24.5 Å². The van der Waals surface area contributed by atoms with E-state index in [0.717, 1.165) is 46.3 Å². The van der Waals surface area contributed by atoms with Crippen molar-refractivity contribution < 1.29 is 14.6 Å². The van der Waals surface area contributed by atoms with Gasteiger partial charge in [-0.3, -0.25) is 0 Å². The van der Waals surface area contributed by atoms with Crippen molar-refractivity contribution in [2.45, 2.75) is 85.5 Å². The number of carbonyl (C=O) groups is 1. The number of carboxylic acid groups (broad SMARTS) is 1. The Morgan fingerprint density at radius 1 is 1.17 bits per heavy atom. The van der Waals surface area contributed by atoms with Gasteiger partial charge in [0.15, 0.2) is 6.10 Å². The number of benzene rings is 1. The van der Waals surface area contributed by atoms with Gasteiger partial charge in [0.25, 0.3) is 0 Å². The van der Waals surface area contributed by atoms with E-state index in [9.17, 15) is 15.2 Å². The predicted octanol–water partition coefficient (Wildman–Crippen LogP) is 6.90. The van der Waals surface area contributed by atoms with Crippen LogP contribution in [0, 0.1) is 11.3 Å². The van der Waals surface area contributed by atoms with Gasteiger partial charge in [-0.25, -0.2) is 9.78 Å². The number of fused-ring (bicyclic) bond motifs is 1. The van der Waals surface area contributed by atoms with Crippen LogP contribution in [0.15, 0.2) is 24.3 Å². The summed E-state index contributed by atoms with van der Waals surface area (Å²) in [5.41, 5.74) is 5.32. The maximum atomic E-state index is 12.6. The number of aromatic nitrogens is 2. The van der Waals surface area contributed by atoms with Crippen LogP contribution in [0.3, 0.4) is 0 Å². The van der Waals surface area contributed by atoms with Gasteiger partial charge in [-0.05, 0) is 63.3 Å². The summed E-state index contributed by atoms with van der Waals surface area (Å²) in [4.78, 5) is 17.7. The third-order valence-electron chi connectivity index (χ3n) is 6.09. The lowest BCUT2D eigenvalue weighted by Crippen LogP contribution is -2.28. The van der Waals surface area contributed by atoms with Crippen LogP contribution < -0.4 is 0 Å². The van der Waals surface area contributed by atoms with Gasteiger partial charge >= 0.3 is 5.97 Å². The molecule has 0 aliphatic heterocycles. The largest absolute Gasteiger partial charge is 0.479 e. The Morgan fingerprint density at radius 3 is 2.31 bits per heavy atom. The van der Waals surface area contributed by atoms with Crippen molar-refractivity contribution >= 4 is 28.6 Å². The van der Waals surface area contributed by atoms with Crippen LogP contribution in [-0.2, 0) is 35.3 Å². The molecule has 0 fully saturated rings. The molecule has 3 rings (SSSR count). The Bertz CT molecular complexity index is 1260. The minimum Gasteiger partial charge on any atom is -0.479 e. The van der Waals surface area contributed by atoms with Crippen LogP contribution in [0.1, 0.15) is 76.6 Å². The number of aryl methyl sites for hydroxylation is 3. The molecule has 1 unspecified atom stereocenters. The van der Waals surface area contributed by atoms with Crippen molar-refractivity contribution in [3.8, 4) is 17.2 Å². The lowest BCUT2D eigenvalue weighted by molar-refractivity contribution is -0.160. The normalized spacial score (nSPS) is 12.6. The van der Waals surface area contributed by atoms with E-state index in [4.69, 9.17) is 21.3 Å². The molecule has 2 aromatic heterocycles. The Labute approximate surface area is 212 Å². The molecule has 1 aromatic carbocycles. The first kappa shape index (κ1) is 26.7. The number of ether oxygens (including phenoxy) is 1. The fourth-order valence-corrected chi connectivity index (χ4v) is 4.92. The molecule has 0 aliphatic rings. The maximum absolute atomic E-state index is 12.6. The Balaban J connectivity index is 2.57. The molecule has 2 heterocycles. The van der Waals surface area contributed by atoms with Crippen molar-refractivity contribution in [2.24, 2.45) is 0 Å². The highest BCUT2D eigenvalue weighted by atomic mass is 35.5. The standard InChI is InChI=1S/C28H34ClN3O3/c1-7-19-21(9-3)32(16-10-15-30)26-23(19)22(17-11-13-18(29)14-12-17)24(20(8-2)31-26)25(27(33)34)35-28(4,5)6/h11-14,25H,7-10,16H2,1-6H3,(H,33,34). The second kappa shape index (κ2) is 10.8. The molecule has 0 bridgehead atoms. The molecule has 0 radical (unpaired) electrons. The molecular formula is C28H34ClN3O3. The first-order chi connectivity index (χ1) is 16.6. The molecule has 0 saturated carbocycles. The lowest BCUT2D eigenvalue weighted by Gasteiger charge is -2.28. The number of nitriles is 1. The molecule has 1 atom stereocenters. The number of aliphatic carboxylic acids is 1. The number of pyridine rings is 1. The van der Waals surface area contributed by atoms with Crippen LogP contribution in [0.25, 0.3) is 22.2 Å². The van der Waals surface area contributed by atoms with Crippen LogP contribution in [0.5, 0.6) is 0 Å². The molecule has 186 valence electrons. The predicted molar refractivity (Wildman–Crippen MR) is 140 cm³/mol. The zero-order valence-electron chi connectivity index (χ0n) is 21.4. The van der Waals surface area contributed by atoms with E-state index in [1.54, 1.807) is 0 Å². The van der Waals surface area contributed by atoms with Gasteiger partial charge in [-0.2, -0.15) is 5.26 Å². The monoisotopic (exact) mass is 495 g/mol. The number of hydrogen-bond donors (Lipinski definition) is 1. The van der Waals surface area contributed by atoms with E-state index >= 15 is 0 Å². The van der Waals surface area contributed by atoms with Crippen molar-refractivity contribution in [2.75, 3.05) is 0 Å². The molecule has 35 heavy (non-hydrogen) atoms. The molecule has 0 saturated heterocycles. The first-order valence-corrected chi connectivity index (χ1v) is 12.6. The Kier molecular flexibility index (Phi) is 8.25. The minimum absolute atomic E-state index is 0.367. The molecule has 3 aromatic rings. The SMILES string of the molecule is CCc1nc2c(c(CC)c(CC)n2CCC#N)c(-c2ccc(Cl)cc2)c1C(OC(C)(C)C)C(=O)O. The zero-order valence-corrected chi connectivity index (χ0v) is 22.2. The highest BCUT2D eigenvalue weighted by Gasteiger charge is 2.34. The van der Waals surface area contributed by atoms with E-state index in [1.165, 1.54) is 0 Å². The smallest absolute Gasteiger partial charge is 0.337 e. The molecular weight excluding hydrogens is 462 g/mol. The van der Waals surface area contributed by atoms with E-state index in [-0.39, 0.29) is 0 Å². The highest BCUT2D eigenvalue weighted by molar-refractivity contribution is 6.30. The number of halogens is 1. The van der Waals surface area contributed by atoms with Gasteiger partial charge in [0.05, 0.1) is 18.1 Å². The number of nitrogens with zero attached hydrogens (tertiary/aromatic N) is 3. The first-order valence-electron chi connectivity index (χ1n) is 12.2. The third-order valence-corrected chi connectivity index (χ3v) is 6.34. The number of hydrogen-bond acceptors (Lipinski definition) is 4. The number of carboxylic acids is 1. The molecule has 0 aliphatic carbocycles. The van der Waals surface area contributed by atoms with Gasteiger partial charge in [0.2, 0.25) is 0 Å². The summed E-state index contributed by atoms with van der Waals surface area (Å²) in [7, 11) is 0. The topological polar surface area (TPSA) is 88.1 Å². The van der Waals surface area contributed by atoms with Crippen LogP contribution in [0.2, 0.25) is 5.02 Å². The van der Waals surface area contributed by atoms with Crippen LogP contribution >= 0.6 is 11.6 Å². The molecule has 7 heteroatoms. The van der Waals surface area contributed by atoms with E-state index in [1.807, 2.05) is 52.0 Å². The highest BCUT2D eigenvalue weighted by Crippen LogP contribution is 2.43. The van der Waals surface area contributed by atoms with Crippen molar-refractivity contribution in [1.29, 1.82) is 5.26 Å². The van der Waals surface area contributed by atoms with E-state index < -0.39 is 17.7 Å². The summed E-state index contributed by atoms with van der Waals surface area (Å²) in [6, 6.07) is 9.73. The van der Waals surface area contributed by atoms with Crippen LogP contribution in [-0.4, -0.2) is 26.2 Å². The van der Waals surface area contributed by atoms with Gasteiger partial charge in [0.1, 0.15) is 5.65 Å². The Morgan fingerprint density at radius 2 is 1.83 bits per heavy atom. The average molecular weight is 496 g/mol. The lowest BCUT2D eigenvalue weighted by atomic mass is 9.89. The maximum Gasteiger partial charge on any atom is 0.337 e. The van der Waals surface area contributed by atoms with Crippen molar-refractivity contribution in [3.05, 3.63) is 51.8 Å². The second-order valence-corrected chi connectivity index (χ2v) is 9.98. The summed E-state index contributed by atoms with van der Waals surface area (Å²) in [6.45, 7) is 12.3. The quantitative estimate of drug-likeness (QED) is 0.349. The summed E-state index contributed by atoms with van der Waals surface area (Å²) in [5, 5.41) is 21.2. The fourth-order valence-electron chi connectivity index (χ4n) is 4.79. The van der Waals surface area contributed by atoms with Gasteiger partial charge in [-0.15, -0.1) is 0 Å². The summed E-state index contributed by atoms with van der Waals surface area (Å²) in [6.07, 6.45) is 1.25. The molecule has 0 spiro atoms. The van der Waals surface area contributed by atoms with Gasteiger partial charge in [0, 0.05) is 39.5 Å². The molecule has 1 N–H and O–H groups in total. The summed E-state index contributed by atoms with van der Waals surface area (Å²) >= 11 is 6.22. The minimum atomic E-state index is -1.19. The fraction of sp³-hybridized carbons (Fsp3) is 0.464. The third kappa shape index (κ3) is 5.37. The van der Waals surface area contributed by atoms with Crippen molar-refractivity contribution in [1.82, 2.24) is 9.55 Å². The van der Waals surface area contributed by atoms with Crippen molar-refractivity contribution in [3.63, 3.8) is 0 Å². The van der Waals surface area contributed by atoms with Gasteiger partial charge < -0.3 is 14.4 Å².